The zero-order chi connectivity index (χ0) is 11.4. The average molecular weight is 276 g/mol. The van der Waals surface area contributed by atoms with Crippen LogP contribution >= 0.6 is 15.9 Å². The molecular weight excluding hydrogens is 265 g/mol. The number of primary amides is 1. The molecule has 1 amide bonds. The molecule has 1 rings (SSSR count). The Labute approximate surface area is 95.5 Å². The second-order valence-corrected chi connectivity index (χ2v) is 4.14. The van der Waals surface area contributed by atoms with Crippen molar-refractivity contribution < 1.29 is 13.9 Å². The van der Waals surface area contributed by atoms with E-state index in [1.165, 1.54) is 19.2 Å². The largest absolute Gasteiger partial charge is 0.497 e. The van der Waals surface area contributed by atoms with Gasteiger partial charge in [-0.25, -0.2) is 4.39 Å². The van der Waals surface area contributed by atoms with Crippen molar-refractivity contribution in [2.24, 2.45) is 5.73 Å². The molecule has 82 valence electrons. The van der Waals surface area contributed by atoms with Gasteiger partial charge in [-0.1, -0.05) is 15.9 Å². The number of carbonyl (C=O) groups is 1. The standard InChI is InChI=1S/C10H11BrFNO2/c1-15-7-2-3-9(12)6(4-7)5-8(11)10(13)14/h2-4,8H,5H2,1H3,(H2,13,14). The number of amides is 1. The molecule has 1 atom stereocenters. The van der Waals surface area contributed by atoms with Crippen LogP contribution in [0.15, 0.2) is 18.2 Å². The molecule has 1 aromatic rings. The molecule has 0 aliphatic rings. The third-order valence-corrected chi connectivity index (χ3v) is 2.74. The van der Waals surface area contributed by atoms with Gasteiger partial charge in [0.2, 0.25) is 5.91 Å². The zero-order valence-corrected chi connectivity index (χ0v) is 9.75. The Bertz CT molecular complexity index is 370. The maximum absolute atomic E-state index is 13.3. The number of rotatable bonds is 4. The molecule has 0 heterocycles. The molecule has 0 bridgehead atoms. The van der Waals surface area contributed by atoms with Crippen molar-refractivity contribution in [1.82, 2.24) is 0 Å². The van der Waals surface area contributed by atoms with E-state index in [9.17, 15) is 9.18 Å². The Morgan fingerprint density at radius 1 is 1.67 bits per heavy atom. The number of carbonyl (C=O) groups excluding carboxylic acids is 1. The summed E-state index contributed by atoms with van der Waals surface area (Å²) in [7, 11) is 1.50. The second-order valence-electron chi connectivity index (χ2n) is 3.03. The van der Waals surface area contributed by atoms with Gasteiger partial charge in [-0.05, 0) is 30.2 Å². The Kier molecular flexibility index (Phi) is 4.08. The summed E-state index contributed by atoms with van der Waals surface area (Å²) in [6, 6.07) is 4.37. The molecule has 5 heteroatoms. The molecule has 2 N–H and O–H groups in total. The smallest absolute Gasteiger partial charge is 0.231 e. The predicted octanol–water partition coefficient (Wildman–Crippen LogP) is 1.63. The number of hydrogen-bond acceptors (Lipinski definition) is 2. The summed E-state index contributed by atoms with van der Waals surface area (Å²) in [4.78, 5) is 10.2. The number of methoxy groups -OCH3 is 1. The Morgan fingerprint density at radius 3 is 2.87 bits per heavy atom. The normalized spacial score (nSPS) is 12.2. The van der Waals surface area contributed by atoms with E-state index in [0.717, 1.165) is 0 Å². The maximum Gasteiger partial charge on any atom is 0.231 e. The third-order valence-electron chi connectivity index (χ3n) is 1.96. The van der Waals surface area contributed by atoms with Gasteiger partial charge in [-0.2, -0.15) is 0 Å². The third kappa shape index (κ3) is 3.20. The van der Waals surface area contributed by atoms with Gasteiger partial charge in [-0.3, -0.25) is 4.79 Å². The summed E-state index contributed by atoms with van der Waals surface area (Å²) in [6.07, 6.45) is 0.207. The highest BCUT2D eigenvalue weighted by molar-refractivity contribution is 9.10. The van der Waals surface area contributed by atoms with Crippen LogP contribution in [0.1, 0.15) is 5.56 Å². The van der Waals surface area contributed by atoms with Crippen molar-refractivity contribution in [2.75, 3.05) is 7.11 Å². The van der Waals surface area contributed by atoms with Crippen molar-refractivity contribution in [2.45, 2.75) is 11.2 Å². The molecule has 0 aliphatic carbocycles. The molecule has 0 radical (unpaired) electrons. The molecule has 1 aromatic carbocycles. The fourth-order valence-corrected chi connectivity index (χ4v) is 1.48. The molecule has 0 saturated heterocycles. The SMILES string of the molecule is COc1ccc(F)c(CC(Br)C(N)=O)c1. The summed E-state index contributed by atoms with van der Waals surface area (Å²) in [6.45, 7) is 0. The van der Waals surface area contributed by atoms with Crippen LogP contribution in [0.4, 0.5) is 4.39 Å². The van der Waals surface area contributed by atoms with Crippen molar-refractivity contribution in [3.05, 3.63) is 29.6 Å². The topological polar surface area (TPSA) is 52.3 Å². The van der Waals surface area contributed by atoms with Crippen LogP contribution in [0.2, 0.25) is 0 Å². The van der Waals surface area contributed by atoms with E-state index in [-0.39, 0.29) is 12.2 Å². The predicted molar refractivity (Wildman–Crippen MR) is 58.6 cm³/mol. The molecule has 0 spiro atoms. The minimum atomic E-state index is -0.570. The van der Waals surface area contributed by atoms with Gasteiger partial charge in [0.25, 0.3) is 0 Å². The first-order valence-electron chi connectivity index (χ1n) is 4.30. The van der Waals surface area contributed by atoms with Crippen LogP contribution < -0.4 is 10.5 Å². The van der Waals surface area contributed by atoms with E-state index in [1.54, 1.807) is 6.07 Å². The van der Waals surface area contributed by atoms with E-state index in [4.69, 9.17) is 10.5 Å². The summed E-state index contributed by atoms with van der Waals surface area (Å²) in [5, 5.41) is 0. The summed E-state index contributed by atoms with van der Waals surface area (Å²) >= 11 is 3.08. The maximum atomic E-state index is 13.3. The lowest BCUT2D eigenvalue weighted by molar-refractivity contribution is -0.117. The van der Waals surface area contributed by atoms with Crippen LogP contribution in [0.25, 0.3) is 0 Å². The molecule has 15 heavy (non-hydrogen) atoms. The van der Waals surface area contributed by atoms with E-state index in [0.29, 0.717) is 11.3 Å². The molecular formula is C10H11BrFNO2. The lowest BCUT2D eigenvalue weighted by Crippen LogP contribution is -2.25. The lowest BCUT2D eigenvalue weighted by atomic mass is 10.1. The van der Waals surface area contributed by atoms with Gasteiger partial charge < -0.3 is 10.5 Å². The van der Waals surface area contributed by atoms with Crippen molar-refractivity contribution in [3.8, 4) is 5.75 Å². The molecule has 0 saturated carbocycles. The van der Waals surface area contributed by atoms with Gasteiger partial charge in [-0.15, -0.1) is 0 Å². The first kappa shape index (κ1) is 12.0. The van der Waals surface area contributed by atoms with Crippen LogP contribution in [0.3, 0.4) is 0 Å². The van der Waals surface area contributed by atoms with Crippen molar-refractivity contribution in [3.63, 3.8) is 0 Å². The van der Waals surface area contributed by atoms with Crippen LogP contribution in [-0.2, 0) is 11.2 Å². The number of halogens is 2. The lowest BCUT2D eigenvalue weighted by Gasteiger charge is -2.08. The Balaban J connectivity index is 2.88. The van der Waals surface area contributed by atoms with Crippen molar-refractivity contribution in [1.29, 1.82) is 0 Å². The first-order valence-corrected chi connectivity index (χ1v) is 5.22. The zero-order valence-electron chi connectivity index (χ0n) is 8.17. The number of benzene rings is 1. The van der Waals surface area contributed by atoms with Gasteiger partial charge in [0.1, 0.15) is 11.6 Å². The summed E-state index contributed by atoms with van der Waals surface area (Å²) < 4.78 is 18.3. The van der Waals surface area contributed by atoms with Crippen LogP contribution in [-0.4, -0.2) is 17.8 Å². The monoisotopic (exact) mass is 275 g/mol. The van der Waals surface area contributed by atoms with E-state index in [1.807, 2.05) is 0 Å². The van der Waals surface area contributed by atoms with Gasteiger partial charge in [0.15, 0.2) is 0 Å². The Hall–Kier alpha value is -1.10. The molecule has 0 aromatic heterocycles. The number of ether oxygens (including phenoxy) is 1. The average Bonchev–Trinajstić information content (AvgIpc) is 2.21. The van der Waals surface area contributed by atoms with Crippen LogP contribution in [0, 0.1) is 5.82 Å². The molecule has 3 nitrogen and oxygen atoms in total. The minimum Gasteiger partial charge on any atom is -0.497 e. The number of alkyl halides is 1. The number of nitrogens with two attached hydrogens (primary N) is 1. The first-order chi connectivity index (χ1) is 7.04. The van der Waals surface area contributed by atoms with Crippen LogP contribution in [0.5, 0.6) is 5.75 Å². The highest BCUT2D eigenvalue weighted by atomic mass is 79.9. The number of hydrogen-bond donors (Lipinski definition) is 1. The summed E-state index contributed by atoms with van der Waals surface area (Å²) in [5.41, 5.74) is 5.46. The minimum absolute atomic E-state index is 0.207. The van der Waals surface area contributed by atoms with Crippen molar-refractivity contribution >= 4 is 21.8 Å². The fraction of sp³-hybridized carbons (Fsp3) is 0.300. The summed E-state index contributed by atoms with van der Waals surface area (Å²) in [5.74, 6) is -0.339. The molecule has 1 unspecified atom stereocenters. The second kappa shape index (κ2) is 5.11. The quantitative estimate of drug-likeness (QED) is 0.850. The Morgan fingerprint density at radius 2 is 2.33 bits per heavy atom. The highest BCUT2D eigenvalue weighted by Gasteiger charge is 2.14. The van der Waals surface area contributed by atoms with Gasteiger partial charge in [0, 0.05) is 0 Å². The van der Waals surface area contributed by atoms with E-state index in [2.05, 4.69) is 15.9 Å². The molecule has 0 fully saturated rings. The fourth-order valence-electron chi connectivity index (χ4n) is 1.13. The van der Waals surface area contributed by atoms with Gasteiger partial charge in [0.05, 0.1) is 11.9 Å². The highest BCUT2D eigenvalue weighted by Crippen LogP contribution is 2.19. The van der Waals surface area contributed by atoms with E-state index < -0.39 is 10.7 Å². The molecule has 0 aliphatic heterocycles. The van der Waals surface area contributed by atoms with Gasteiger partial charge >= 0.3 is 0 Å². The van der Waals surface area contributed by atoms with E-state index >= 15 is 0 Å².